The molecule has 2 aromatic rings. The van der Waals surface area contributed by atoms with Crippen molar-refractivity contribution in [1.82, 2.24) is 14.8 Å². The van der Waals surface area contributed by atoms with Crippen LogP contribution in [0, 0.1) is 6.92 Å². The van der Waals surface area contributed by atoms with Gasteiger partial charge >= 0.3 is 0 Å². The Morgan fingerprint density at radius 2 is 2.22 bits per heavy atom. The van der Waals surface area contributed by atoms with Gasteiger partial charge in [-0.2, -0.15) is 5.10 Å². The van der Waals surface area contributed by atoms with Gasteiger partial charge < -0.3 is 9.84 Å². The van der Waals surface area contributed by atoms with Crippen molar-refractivity contribution in [3.8, 4) is 5.75 Å². The van der Waals surface area contributed by atoms with E-state index in [2.05, 4.69) is 10.1 Å². The number of hydrogen-bond acceptors (Lipinski definition) is 4. The summed E-state index contributed by atoms with van der Waals surface area (Å²) < 4.78 is 6.86. The van der Waals surface area contributed by atoms with Crippen molar-refractivity contribution in [1.29, 1.82) is 0 Å². The maximum atomic E-state index is 10.2. The smallest absolute Gasteiger partial charge is 0.138 e. The molecule has 0 aliphatic rings. The molecule has 0 saturated heterocycles. The molecule has 1 aromatic heterocycles. The molecule has 2 rings (SSSR count). The molecule has 1 aromatic carbocycles. The zero-order valence-corrected chi connectivity index (χ0v) is 10.8. The van der Waals surface area contributed by atoms with Crippen molar-refractivity contribution in [3.63, 3.8) is 0 Å². The van der Waals surface area contributed by atoms with E-state index in [1.165, 1.54) is 6.33 Å². The second-order valence-corrected chi connectivity index (χ2v) is 4.25. The summed E-state index contributed by atoms with van der Waals surface area (Å²) >= 11 is 0. The molecular formula is C13H17N3O2. The Morgan fingerprint density at radius 1 is 1.44 bits per heavy atom. The lowest BCUT2D eigenvalue weighted by atomic mass is 10.0. The van der Waals surface area contributed by atoms with Crippen molar-refractivity contribution in [3.05, 3.63) is 41.5 Å². The number of benzene rings is 1. The van der Waals surface area contributed by atoms with Gasteiger partial charge in [0.05, 0.1) is 13.2 Å². The van der Waals surface area contributed by atoms with Crippen LogP contribution in [0.2, 0.25) is 0 Å². The van der Waals surface area contributed by atoms with Crippen molar-refractivity contribution < 1.29 is 9.84 Å². The molecule has 1 atom stereocenters. The number of aryl methyl sites for hydroxylation is 2. The van der Waals surface area contributed by atoms with E-state index < -0.39 is 6.10 Å². The summed E-state index contributed by atoms with van der Waals surface area (Å²) in [7, 11) is 3.45. The van der Waals surface area contributed by atoms with Gasteiger partial charge in [0.2, 0.25) is 0 Å². The fraction of sp³-hybridized carbons (Fsp3) is 0.385. The molecule has 1 heterocycles. The Kier molecular flexibility index (Phi) is 3.62. The molecule has 0 aliphatic heterocycles. The van der Waals surface area contributed by atoms with Crippen LogP contribution in [0.1, 0.15) is 23.1 Å². The highest BCUT2D eigenvalue weighted by atomic mass is 16.5. The molecule has 96 valence electrons. The van der Waals surface area contributed by atoms with Gasteiger partial charge in [-0.05, 0) is 30.2 Å². The van der Waals surface area contributed by atoms with Gasteiger partial charge in [-0.1, -0.05) is 6.07 Å². The number of ether oxygens (including phenoxy) is 1. The van der Waals surface area contributed by atoms with Gasteiger partial charge in [0.1, 0.15) is 17.9 Å². The lowest BCUT2D eigenvalue weighted by Gasteiger charge is -2.12. The number of aliphatic hydroxyl groups excluding tert-OH is 1. The average Bonchev–Trinajstić information content (AvgIpc) is 2.75. The lowest BCUT2D eigenvalue weighted by Crippen LogP contribution is -2.08. The van der Waals surface area contributed by atoms with Gasteiger partial charge in [0.15, 0.2) is 0 Å². The Hall–Kier alpha value is -1.88. The van der Waals surface area contributed by atoms with E-state index in [-0.39, 0.29) is 0 Å². The second kappa shape index (κ2) is 5.18. The Labute approximate surface area is 106 Å². The van der Waals surface area contributed by atoms with Crippen LogP contribution in [0.25, 0.3) is 0 Å². The maximum Gasteiger partial charge on any atom is 0.138 e. The van der Waals surface area contributed by atoms with Gasteiger partial charge in [0.25, 0.3) is 0 Å². The zero-order valence-electron chi connectivity index (χ0n) is 10.8. The summed E-state index contributed by atoms with van der Waals surface area (Å²) in [5.74, 6) is 1.58. The number of hydrogen-bond donors (Lipinski definition) is 1. The Bertz CT molecular complexity index is 537. The van der Waals surface area contributed by atoms with Gasteiger partial charge in [-0.15, -0.1) is 0 Å². The second-order valence-electron chi connectivity index (χ2n) is 4.25. The number of nitrogens with zero attached hydrogens (tertiary/aromatic N) is 3. The molecule has 5 nitrogen and oxygen atoms in total. The topological polar surface area (TPSA) is 60.2 Å². The number of aliphatic hydroxyl groups is 1. The van der Waals surface area contributed by atoms with E-state index in [1.807, 2.05) is 32.2 Å². The van der Waals surface area contributed by atoms with Crippen LogP contribution in [0.15, 0.2) is 24.5 Å². The average molecular weight is 247 g/mol. The third kappa shape index (κ3) is 2.51. The first-order valence-electron chi connectivity index (χ1n) is 5.77. The first-order chi connectivity index (χ1) is 8.61. The minimum absolute atomic E-state index is 0.447. The highest BCUT2D eigenvalue weighted by molar-refractivity contribution is 5.37. The Balaban J connectivity index is 2.16. The van der Waals surface area contributed by atoms with E-state index in [0.717, 1.165) is 22.7 Å². The monoisotopic (exact) mass is 247 g/mol. The lowest BCUT2D eigenvalue weighted by molar-refractivity contribution is 0.174. The normalized spacial score (nSPS) is 12.4. The molecule has 0 bridgehead atoms. The van der Waals surface area contributed by atoms with Crippen molar-refractivity contribution in [2.24, 2.45) is 7.05 Å². The number of rotatable bonds is 4. The fourth-order valence-electron chi connectivity index (χ4n) is 1.90. The number of methoxy groups -OCH3 is 1. The van der Waals surface area contributed by atoms with E-state index in [9.17, 15) is 5.11 Å². The van der Waals surface area contributed by atoms with Gasteiger partial charge in [-0.25, -0.2) is 4.98 Å². The van der Waals surface area contributed by atoms with E-state index >= 15 is 0 Å². The summed E-state index contributed by atoms with van der Waals surface area (Å²) in [6.07, 6.45) is 1.35. The van der Waals surface area contributed by atoms with E-state index in [1.54, 1.807) is 11.8 Å². The van der Waals surface area contributed by atoms with Gasteiger partial charge in [-0.3, -0.25) is 4.68 Å². The molecule has 18 heavy (non-hydrogen) atoms. The predicted octanol–water partition coefficient (Wildman–Crippen LogP) is 1.41. The van der Waals surface area contributed by atoms with Crippen LogP contribution in [0.5, 0.6) is 5.75 Å². The van der Waals surface area contributed by atoms with Crippen LogP contribution in [0.4, 0.5) is 0 Å². The first-order valence-corrected chi connectivity index (χ1v) is 5.77. The molecule has 1 unspecified atom stereocenters. The highest BCUT2D eigenvalue weighted by Gasteiger charge is 2.13. The van der Waals surface area contributed by atoms with Crippen LogP contribution in [0.3, 0.4) is 0 Å². The fourth-order valence-corrected chi connectivity index (χ4v) is 1.90. The largest absolute Gasteiger partial charge is 0.496 e. The standard InChI is InChI=1S/C13H17N3O2/c1-9-6-10(4-5-12(9)18-3)11(17)7-13-14-8-15-16(13)2/h4-6,8,11,17H,7H2,1-3H3. The summed E-state index contributed by atoms with van der Waals surface area (Å²) in [6, 6.07) is 5.66. The first kappa shape index (κ1) is 12.6. The van der Waals surface area contributed by atoms with Crippen LogP contribution >= 0.6 is 0 Å². The molecule has 0 saturated carbocycles. The molecule has 1 N–H and O–H groups in total. The predicted molar refractivity (Wildman–Crippen MR) is 67.4 cm³/mol. The molecule has 0 amide bonds. The SMILES string of the molecule is COc1ccc(C(O)Cc2ncnn2C)cc1C. The summed E-state index contributed by atoms with van der Waals surface area (Å²) in [6.45, 7) is 1.96. The minimum Gasteiger partial charge on any atom is -0.496 e. The zero-order chi connectivity index (χ0) is 13.1. The third-order valence-electron chi connectivity index (χ3n) is 2.98. The molecule has 0 radical (unpaired) electrons. The van der Waals surface area contributed by atoms with Crippen LogP contribution in [-0.4, -0.2) is 27.0 Å². The number of aromatic nitrogens is 3. The van der Waals surface area contributed by atoms with Crippen molar-refractivity contribution >= 4 is 0 Å². The van der Waals surface area contributed by atoms with E-state index in [4.69, 9.17) is 4.74 Å². The summed E-state index contributed by atoms with van der Waals surface area (Å²) in [5, 5.41) is 14.2. The molecule has 0 spiro atoms. The minimum atomic E-state index is -0.586. The van der Waals surface area contributed by atoms with Crippen molar-refractivity contribution in [2.45, 2.75) is 19.4 Å². The summed E-state index contributed by atoms with van der Waals surface area (Å²) in [4.78, 5) is 4.10. The molecule has 5 heteroatoms. The summed E-state index contributed by atoms with van der Waals surface area (Å²) in [5.41, 5.74) is 1.86. The van der Waals surface area contributed by atoms with Crippen molar-refractivity contribution in [2.75, 3.05) is 7.11 Å². The van der Waals surface area contributed by atoms with Crippen LogP contribution < -0.4 is 4.74 Å². The molecular weight excluding hydrogens is 230 g/mol. The van der Waals surface area contributed by atoms with E-state index in [0.29, 0.717) is 6.42 Å². The van der Waals surface area contributed by atoms with Crippen LogP contribution in [-0.2, 0) is 13.5 Å². The van der Waals surface area contributed by atoms with Gasteiger partial charge in [0, 0.05) is 13.5 Å². The Morgan fingerprint density at radius 3 is 2.78 bits per heavy atom. The maximum absolute atomic E-state index is 10.2. The molecule has 0 aliphatic carbocycles. The highest BCUT2D eigenvalue weighted by Crippen LogP contribution is 2.24. The molecule has 0 fully saturated rings. The third-order valence-corrected chi connectivity index (χ3v) is 2.98. The quantitative estimate of drug-likeness (QED) is 0.887.